The molecule has 0 amide bonds. The van der Waals surface area contributed by atoms with Gasteiger partial charge in [-0.2, -0.15) is 0 Å². The molecular weight excluding hydrogens is 432 g/mol. The number of ether oxygens (including phenoxy) is 1. The van der Waals surface area contributed by atoms with Crippen LogP contribution in [-0.4, -0.2) is 66.1 Å². The monoisotopic (exact) mass is 464 g/mol. The van der Waals surface area contributed by atoms with Crippen LogP contribution in [0.15, 0.2) is 77.4 Å². The molecule has 0 bridgehead atoms. The Balaban J connectivity index is 1.32. The van der Waals surface area contributed by atoms with E-state index >= 15 is 0 Å². The summed E-state index contributed by atoms with van der Waals surface area (Å²) in [5.41, 5.74) is 0.934. The van der Waals surface area contributed by atoms with E-state index in [-0.39, 0.29) is 0 Å². The van der Waals surface area contributed by atoms with Crippen molar-refractivity contribution in [3.8, 4) is 11.5 Å². The number of hydrogen-bond acceptors (Lipinski definition) is 5. The van der Waals surface area contributed by atoms with Crippen molar-refractivity contribution < 1.29 is 9.15 Å². The molecule has 0 saturated carbocycles. The molecule has 0 spiro atoms. The Labute approximate surface area is 201 Å². The molecular formula is C26H32N4O2S. The third-order valence-electron chi connectivity index (χ3n) is 5.80. The molecule has 0 radical (unpaired) electrons. The first-order valence-corrected chi connectivity index (χ1v) is 11.9. The summed E-state index contributed by atoms with van der Waals surface area (Å²) in [5, 5.41) is 4.08. The molecule has 0 atom stereocenters. The average molecular weight is 465 g/mol. The Bertz CT molecular complexity index is 971. The van der Waals surface area contributed by atoms with Crippen molar-refractivity contribution in [2.24, 2.45) is 0 Å². The molecule has 1 fully saturated rings. The first kappa shape index (κ1) is 23.3. The van der Waals surface area contributed by atoms with E-state index in [0.29, 0.717) is 11.7 Å². The molecule has 7 heteroatoms. The van der Waals surface area contributed by atoms with Gasteiger partial charge in [0.2, 0.25) is 0 Å². The third kappa shape index (κ3) is 7.32. The number of thiocarbonyl (C=S) groups is 1. The summed E-state index contributed by atoms with van der Waals surface area (Å²) in [6.45, 7) is 7.14. The van der Waals surface area contributed by atoms with E-state index in [9.17, 15) is 0 Å². The maximum absolute atomic E-state index is 5.88. The summed E-state index contributed by atoms with van der Waals surface area (Å²) in [6.07, 6.45) is 2.76. The molecule has 2 heterocycles. The van der Waals surface area contributed by atoms with Crippen molar-refractivity contribution in [3.63, 3.8) is 0 Å². The van der Waals surface area contributed by atoms with Crippen molar-refractivity contribution in [1.29, 1.82) is 0 Å². The number of hydrogen-bond donors (Lipinski definition) is 1. The van der Waals surface area contributed by atoms with E-state index < -0.39 is 0 Å². The van der Waals surface area contributed by atoms with E-state index in [2.05, 4.69) is 27.1 Å². The summed E-state index contributed by atoms with van der Waals surface area (Å²) < 4.78 is 11.5. The van der Waals surface area contributed by atoms with E-state index in [1.54, 1.807) is 6.26 Å². The lowest BCUT2D eigenvalue weighted by Gasteiger charge is -2.33. The van der Waals surface area contributed by atoms with Crippen LogP contribution in [0.4, 0.5) is 5.69 Å². The topological polar surface area (TPSA) is 44.1 Å². The van der Waals surface area contributed by atoms with E-state index in [1.807, 2.05) is 66.7 Å². The minimum Gasteiger partial charge on any atom is -0.467 e. The molecule has 6 nitrogen and oxygen atoms in total. The summed E-state index contributed by atoms with van der Waals surface area (Å²) in [7, 11) is 2.19. The molecule has 0 unspecified atom stereocenters. The third-order valence-corrected chi connectivity index (χ3v) is 6.16. The van der Waals surface area contributed by atoms with Gasteiger partial charge in [0.15, 0.2) is 5.11 Å². The zero-order valence-corrected chi connectivity index (χ0v) is 20.0. The fourth-order valence-corrected chi connectivity index (χ4v) is 4.11. The normalized spacial score (nSPS) is 14.7. The number of likely N-dealkylation sites (N-methyl/N-ethyl adjacent to an activating group) is 1. The van der Waals surface area contributed by atoms with Crippen LogP contribution in [-0.2, 0) is 6.54 Å². The van der Waals surface area contributed by atoms with Crippen LogP contribution in [0.3, 0.4) is 0 Å². The highest BCUT2D eigenvalue weighted by Gasteiger charge is 2.16. The molecule has 1 aromatic heterocycles. The summed E-state index contributed by atoms with van der Waals surface area (Å²) in [4.78, 5) is 7.10. The van der Waals surface area contributed by atoms with Gasteiger partial charge in [-0.15, -0.1) is 0 Å². The number of nitrogens with zero attached hydrogens (tertiary/aromatic N) is 3. The van der Waals surface area contributed by atoms with Crippen molar-refractivity contribution in [3.05, 3.63) is 78.8 Å². The van der Waals surface area contributed by atoms with Gasteiger partial charge >= 0.3 is 0 Å². The SMILES string of the molecule is CN1CCN(CCCN(Cc2ccco2)C(=S)Nc2ccc(Oc3ccccc3)cc2)CC1. The predicted octanol–water partition coefficient (Wildman–Crippen LogP) is 4.91. The van der Waals surface area contributed by atoms with Gasteiger partial charge in [0.25, 0.3) is 0 Å². The first-order chi connectivity index (χ1) is 16.2. The van der Waals surface area contributed by atoms with Gasteiger partial charge in [-0.25, -0.2) is 0 Å². The second kappa shape index (κ2) is 11.8. The number of nitrogens with one attached hydrogen (secondary N) is 1. The molecule has 4 rings (SSSR count). The maximum Gasteiger partial charge on any atom is 0.173 e. The van der Waals surface area contributed by atoms with Crippen LogP contribution in [0, 0.1) is 0 Å². The van der Waals surface area contributed by atoms with Gasteiger partial charge in [-0.3, -0.25) is 0 Å². The minimum absolute atomic E-state index is 0.650. The Hall–Kier alpha value is -2.87. The predicted molar refractivity (Wildman–Crippen MR) is 137 cm³/mol. The van der Waals surface area contributed by atoms with Gasteiger partial charge in [0.05, 0.1) is 12.8 Å². The van der Waals surface area contributed by atoms with Crippen molar-refractivity contribution in [1.82, 2.24) is 14.7 Å². The van der Waals surface area contributed by atoms with Crippen LogP contribution >= 0.6 is 12.2 Å². The molecule has 1 saturated heterocycles. The average Bonchev–Trinajstić information content (AvgIpc) is 3.35. The van der Waals surface area contributed by atoms with E-state index in [4.69, 9.17) is 21.4 Å². The summed E-state index contributed by atoms with van der Waals surface area (Å²) >= 11 is 5.78. The number of rotatable bonds is 9. The highest BCUT2D eigenvalue weighted by atomic mass is 32.1. The van der Waals surface area contributed by atoms with Crippen molar-refractivity contribution in [2.45, 2.75) is 13.0 Å². The Morgan fingerprint density at radius 1 is 0.970 bits per heavy atom. The zero-order valence-electron chi connectivity index (χ0n) is 19.2. The fourth-order valence-electron chi connectivity index (χ4n) is 3.83. The zero-order chi connectivity index (χ0) is 22.9. The molecule has 3 aromatic rings. The number of benzene rings is 2. The van der Waals surface area contributed by atoms with Crippen LogP contribution in [0.5, 0.6) is 11.5 Å². The van der Waals surface area contributed by atoms with Crippen molar-refractivity contribution in [2.75, 3.05) is 51.6 Å². The Morgan fingerprint density at radius 3 is 2.39 bits per heavy atom. The Morgan fingerprint density at radius 2 is 1.70 bits per heavy atom. The number of anilines is 1. The lowest BCUT2D eigenvalue weighted by molar-refractivity contribution is 0.149. The molecule has 1 aliphatic rings. The quantitative estimate of drug-likeness (QED) is 0.452. The van der Waals surface area contributed by atoms with Crippen LogP contribution in [0.25, 0.3) is 0 Å². The standard InChI is InChI=1S/C26H32N4O2S/c1-28-16-18-29(19-17-28)14-6-15-30(21-25-9-5-20-31-25)26(33)27-22-10-12-24(13-11-22)32-23-7-3-2-4-8-23/h2-5,7-13,20H,6,14-19,21H2,1H3,(H,27,33). The molecule has 2 aromatic carbocycles. The molecule has 174 valence electrons. The lowest BCUT2D eigenvalue weighted by Crippen LogP contribution is -2.45. The number of para-hydroxylation sites is 1. The number of piperazine rings is 1. The minimum atomic E-state index is 0.650. The Kier molecular flexibility index (Phi) is 8.35. The van der Waals surface area contributed by atoms with Crippen LogP contribution in [0.1, 0.15) is 12.2 Å². The second-order valence-corrected chi connectivity index (χ2v) is 8.76. The first-order valence-electron chi connectivity index (χ1n) is 11.5. The van der Waals surface area contributed by atoms with E-state index in [1.165, 1.54) is 0 Å². The molecule has 33 heavy (non-hydrogen) atoms. The number of furan rings is 1. The lowest BCUT2D eigenvalue weighted by atomic mass is 10.2. The fraction of sp³-hybridized carbons (Fsp3) is 0.346. The molecule has 1 aliphatic heterocycles. The second-order valence-electron chi connectivity index (χ2n) is 8.37. The van der Waals surface area contributed by atoms with Crippen molar-refractivity contribution >= 4 is 23.0 Å². The summed E-state index contributed by atoms with van der Waals surface area (Å²) in [5.74, 6) is 2.52. The van der Waals surface area contributed by atoms with Crippen LogP contribution in [0.2, 0.25) is 0 Å². The highest BCUT2D eigenvalue weighted by Crippen LogP contribution is 2.23. The van der Waals surface area contributed by atoms with Gasteiger partial charge in [-0.1, -0.05) is 18.2 Å². The largest absolute Gasteiger partial charge is 0.467 e. The van der Waals surface area contributed by atoms with Crippen LogP contribution < -0.4 is 10.1 Å². The maximum atomic E-state index is 5.88. The molecule has 0 aliphatic carbocycles. The van der Waals surface area contributed by atoms with Gasteiger partial charge in [-0.05, 0) is 80.8 Å². The smallest absolute Gasteiger partial charge is 0.173 e. The molecule has 1 N–H and O–H groups in total. The van der Waals surface area contributed by atoms with Gasteiger partial charge < -0.3 is 29.2 Å². The van der Waals surface area contributed by atoms with Gasteiger partial charge in [0.1, 0.15) is 17.3 Å². The highest BCUT2D eigenvalue weighted by molar-refractivity contribution is 7.80. The van der Waals surface area contributed by atoms with Gasteiger partial charge in [0, 0.05) is 38.4 Å². The summed E-state index contributed by atoms with van der Waals surface area (Å²) in [6, 6.07) is 21.5. The van der Waals surface area contributed by atoms with E-state index in [0.717, 1.165) is 68.6 Å².